The summed E-state index contributed by atoms with van der Waals surface area (Å²) in [6.45, 7) is 6.42. The van der Waals surface area contributed by atoms with Gasteiger partial charge in [-0.1, -0.05) is 63.2 Å². The molecule has 1 aromatic heterocycles. The first kappa shape index (κ1) is 19.1. The van der Waals surface area contributed by atoms with E-state index in [4.69, 9.17) is 9.72 Å². The molecular formula is C22H24N2O2S. The lowest BCUT2D eigenvalue weighted by Crippen LogP contribution is -2.16. The molecule has 0 atom stereocenters. The van der Waals surface area contributed by atoms with Crippen molar-refractivity contribution in [1.82, 2.24) is 4.98 Å². The highest BCUT2D eigenvalue weighted by atomic mass is 32.1. The van der Waals surface area contributed by atoms with Crippen molar-refractivity contribution in [2.45, 2.75) is 32.6 Å². The first-order valence-corrected chi connectivity index (χ1v) is 9.68. The number of amides is 1. The van der Waals surface area contributed by atoms with Gasteiger partial charge in [0.05, 0.1) is 18.4 Å². The van der Waals surface area contributed by atoms with Gasteiger partial charge in [-0.15, -0.1) is 11.3 Å². The van der Waals surface area contributed by atoms with Gasteiger partial charge in [-0.25, -0.2) is 4.98 Å². The zero-order valence-electron chi connectivity index (χ0n) is 16.1. The van der Waals surface area contributed by atoms with Gasteiger partial charge in [0.2, 0.25) is 0 Å². The van der Waals surface area contributed by atoms with Gasteiger partial charge in [-0.05, 0) is 17.7 Å². The topological polar surface area (TPSA) is 51.2 Å². The molecule has 27 heavy (non-hydrogen) atoms. The fourth-order valence-electron chi connectivity index (χ4n) is 2.89. The fraction of sp³-hybridized carbons (Fsp3) is 0.273. The van der Waals surface area contributed by atoms with Crippen LogP contribution >= 0.6 is 11.3 Å². The van der Waals surface area contributed by atoms with Crippen molar-refractivity contribution >= 4 is 22.4 Å². The number of anilines is 1. The quantitative estimate of drug-likeness (QED) is 0.654. The average Bonchev–Trinajstić information content (AvgIpc) is 3.05. The maximum atomic E-state index is 12.7. The minimum Gasteiger partial charge on any atom is -0.496 e. The largest absolute Gasteiger partial charge is 0.496 e. The van der Waals surface area contributed by atoms with Crippen LogP contribution in [-0.2, 0) is 11.8 Å². The Hall–Kier alpha value is -2.66. The molecule has 2 aromatic carbocycles. The van der Waals surface area contributed by atoms with Crippen LogP contribution in [0.4, 0.5) is 5.13 Å². The molecule has 1 N–H and O–H groups in total. The van der Waals surface area contributed by atoms with Crippen LogP contribution < -0.4 is 10.1 Å². The molecule has 4 nitrogen and oxygen atoms in total. The van der Waals surface area contributed by atoms with Crippen LogP contribution in [0.1, 0.15) is 47.3 Å². The molecule has 0 aliphatic rings. The second-order valence-electron chi connectivity index (χ2n) is 7.36. The van der Waals surface area contributed by atoms with Gasteiger partial charge in [0.1, 0.15) is 5.75 Å². The van der Waals surface area contributed by atoms with Crippen LogP contribution in [0.15, 0.2) is 54.6 Å². The predicted molar refractivity (Wildman–Crippen MR) is 111 cm³/mol. The van der Waals surface area contributed by atoms with Gasteiger partial charge in [-0.2, -0.15) is 0 Å². The van der Waals surface area contributed by atoms with Crippen molar-refractivity contribution in [1.29, 1.82) is 0 Å². The SMILES string of the molecule is COc1ccccc1C(=O)Nc1nc(C(C)(C)C)c(Cc2ccccc2)s1. The molecule has 140 valence electrons. The molecule has 1 amide bonds. The van der Waals surface area contributed by atoms with E-state index in [9.17, 15) is 4.79 Å². The van der Waals surface area contributed by atoms with E-state index in [0.29, 0.717) is 16.4 Å². The van der Waals surface area contributed by atoms with Gasteiger partial charge in [0, 0.05) is 16.7 Å². The number of methoxy groups -OCH3 is 1. The number of ether oxygens (including phenoxy) is 1. The first-order valence-electron chi connectivity index (χ1n) is 8.87. The number of benzene rings is 2. The summed E-state index contributed by atoms with van der Waals surface area (Å²) in [5.41, 5.74) is 2.65. The zero-order valence-corrected chi connectivity index (χ0v) is 16.9. The van der Waals surface area contributed by atoms with Crippen molar-refractivity contribution in [3.63, 3.8) is 0 Å². The van der Waals surface area contributed by atoms with Crippen LogP contribution in [0.3, 0.4) is 0 Å². The zero-order chi connectivity index (χ0) is 19.4. The van der Waals surface area contributed by atoms with E-state index in [0.717, 1.165) is 12.1 Å². The minimum atomic E-state index is -0.215. The summed E-state index contributed by atoms with van der Waals surface area (Å²) >= 11 is 1.53. The predicted octanol–water partition coefficient (Wildman–Crippen LogP) is 5.29. The third-order valence-electron chi connectivity index (χ3n) is 4.19. The molecule has 0 spiro atoms. The summed E-state index contributed by atoms with van der Waals surface area (Å²) in [6, 6.07) is 17.5. The summed E-state index contributed by atoms with van der Waals surface area (Å²) in [6.07, 6.45) is 0.801. The molecular weight excluding hydrogens is 356 g/mol. The molecule has 0 aliphatic carbocycles. The van der Waals surface area contributed by atoms with E-state index >= 15 is 0 Å². The Kier molecular flexibility index (Phi) is 5.61. The van der Waals surface area contributed by atoms with E-state index in [2.05, 4.69) is 38.2 Å². The molecule has 1 heterocycles. The summed E-state index contributed by atoms with van der Waals surface area (Å²) in [5, 5.41) is 3.55. The van der Waals surface area contributed by atoms with E-state index < -0.39 is 0 Å². The number of hydrogen-bond acceptors (Lipinski definition) is 4. The number of hydrogen-bond donors (Lipinski definition) is 1. The normalized spacial score (nSPS) is 11.3. The maximum Gasteiger partial charge on any atom is 0.261 e. The van der Waals surface area contributed by atoms with Crippen molar-refractivity contribution in [3.05, 3.63) is 76.3 Å². The molecule has 0 bridgehead atoms. The van der Waals surface area contributed by atoms with Crippen molar-refractivity contribution in [2.24, 2.45) is 0 Å². The third kappa shape index (κ3) is 4.55. The Labute approximate surface area is 164 Å². The van der Waals surface area contributed by atoms with E-state index in [1.165, 1.54) is 21.8 Å². The molecule has 3 rings (SSSR count). The minimum absolute atomic E-state index is 0.103. The van der Waals surface area contributed by atoms with Crippen LogP contribution in [0.25, 0.3) is 0 Å². The summed E-state index contributed by atoms with van der Waals surface area (Å²) < 4.78 is 5.29. The van der Waals surface area contributed by atoms with Crippen molar-refractivity contribution in [3.8, 4) is 5.75 Å². The highest BCUT2D eigenvalue weighted by Gasteiger charge is 2.24. The maximum absolute atomic E-state index is 12.7. The lowest BCUT2D eigenvalue weighted by molar-refractivity contribution is 0.102. The average molecular weight is 381 g/mol. The Balaban J connectivity index is 1.89. The second kappa shape index (κ2) is 7.92. The van der Waals surface area contributed by atoms with Gasteiger partial charge in [-0.3, -0.25) is 10.1 Å². The van der Waals surface area contributed by atoms with Crippen LogP contribution in [-0.4, -0.2) is 18.0 Å². The molecule has 3 aromatic rings. The molecule has 0 aliphatic heterocycles. The first-order chi connectivity index (χ1) is 12.9. The molecule has 5 heteroatoms. The third-order valence-corrected chi connectivity index (χ3v) is 5.16. The second-order valence-corrected chi connectivity index (χ2v) is 8.44. The standard InChI is InChI=1S/C22H24N2O2S/c1-22(2,3)19-18(14-15-10-6-5-7-11-15)27-21(23-19)24-20(25)16-12-8-9-13-17(16)26-4/h5-13H,14H2,1-4H3,(H,23,24,25). The molecule has 0 saturated heterocycles. The smallest absolute Gasteiger partial charge is 0.261 e. The highest BCUT2D eigenvalue weighted by Crippen LogP contribution is 2.34. The summed E-state index contributed by atoms with van der Waals surface area (Å²) in [4.78, 5) is 18.6. The number of aromatic nitrogens is 1. The number of para-hydroxylation sites is 1. The molecule has 0 saturated carbocycles. The summed E-state index contributed by atoms with van der Waals surface area (Å²) in [5.74, 6) is 0.333. The summed E-state index contributed by atoms with van der Waals surface area (Å²) in [7, 11) is 1.56. The number of thiazole rings is 1. The van der Waals surface area contributed by atoms with E-state index in [-0.39, 0.29) is 11.3 Å². The Bertz CT molecular complexity index is 927. The highest BCUT2D eigenvalue weighted by molar-refractivity contribution is 7.16. The van der Waals surface area contributed by atoms with Gasteiger partial charge in [0.25, 0.3) is 5.91 Å². The van der Waals surface area contributed by atoms with Gasteiger partial charge >= 0.3 is 0 Å². The van der Waals surface area contributed by atoms with E-state index in [1.54, 1.807) is 19.2 Å². The number of carbonyl (C=O) groups excluding carboxylic acids is 1. The van der Waals surface area contributed by atoms with Crippen molar-refractivity contribution in [2.75, 3.05) is 12.4 Å². The Morgan fingerprint density at radius 3 is 2.41 bits per heavy atom. The molecule has 0 fully saturated rings. The fourth-order valence-corrected chi connectivity index (χ4v) is 4.09. The lowest BCUT2D eigenvalue weighted by atomic mass is 9.90. The van der Waals surface area contributed by atoms with Crippen molar-refractivity contribution < 1.29 is 9.53 Å². The van der Waals surface area contributed by atoms with Gasteiger partial charge < -0.3 is 4.74 Å². The van der Waals surface area contributed by atoms with Crippen LogP contribution in [0.2, 0.25) is 0 Å². The monoisotopic (exact) mass is 380 g/mol. The van der Waals surface area contributed by atoms with Crippen LogP contribution in [0.5, 0.6) is 5.75 Å². The van der Waals surface area contributed by atoms with Crippen LogP contribution in [0, 0.1) is 0 Å². The number of nitrogens with one attached hydrogen (secondary N) is 1. The van der Waals surface area contributed by atoms with E-state index in [1.807, 2.05) is 30.3 Å². The van der Waals surface area contributed by atoms with Gasteiger partial charge in [0.15, 0.2) is 5.13 Å². The number of carbonyl (C=O) groups is 1. The lowest BCUT2D eigenvalue weighted by Gasteiger charge is -2.17. The Morgan fingerprint density at radius 2 is 1.74 bits per heavy atom. The number of nitrogens with zero attached hydrogens (tertiary/aromatic N) is 1. The molecule has 0 unspecified atom stereocenters. The molecule has 0 radical (unpaired) electrons. The Morgan fingerprint density at radius 1 is 1.07 bits per heavy atom. The number of rotatable bonds is 5.